The molecule has 2 rings (SSSR count). The molecule has 0 radical (unpaired) electrons. The van der Waals surface area contributed by atoms with Crippen LogP contribution in [0.1, 0.15) is 18.6 Å². The van der Waals surface area contributed by atoms with Crippen molar-refractivity contribution in [3.8, 4) is 5.75 Å². The lowest BCUT2D eigenvalue weighted by molar-refractivity contribution is -0.124. The second kappa shape index (κ2) is 9.35. The van der Waals surface area contributed by atoms with Crippen LogP contribution in [0.15, 0.2) is 60.7 Å². The summed E-state index contributed by atoms with van der Waals surface area (Å²) < 4.78 is 19.2. The Hall–Kier alpha value is -3.39. The molecule has 7 nitrogen and oxygen atoms in total. The number of carbonyl (C=O) groups is 2. The molecule has 8 heteroatoms. The smallest absolute Gasteiger partial charge is 0.412 e. The SMILES string of the molecule is C[C@@H](/C=C/C(=O)NO)[C@@H](OC(=O)Nc1ccccc1)c1ccc(O)c(F)c1. The van der Waals surface area contributed by atoms with Gasteiger partial charge in [0.2, 0.25) is 0 Å². The van der Waals surface area contributed by atoms with E-state index in [1.54, 1.807) is 37.3 Å². The van der Waals surface area contributed by atoms with Crippen molar-refractivity contribution in [2.24, 2.45) is 5.92 Å². The Morgan fingerprint density at radius 1 is 1.19 bits per heavy atom. The summed E-state index contributed by atoms with van der Waals surface area (Å²) in [6.07, 6.45) is 0.738. The Morgan fingerprint density at radius 2 is 1.89 bits per heavy atom. The molecule has 0 unspecified atom stereocenters. The van der Waals surface area contributed by atoms with E-state index in [1.807, 2.05) is 0 Å². The van der Waals surface area contributed by atoms with Crippen LogP contribution < -0.4 is 10.8 Å². The van der Waals surface area contributed by atoms with E-state index in [2.05, 4.69) is 5.32 Å². The van der Waals surface area contributed by atoms with Gasteiger partial charge in [-0.2, -0.15) is 0 Å². The molecule has 27 heavy (non-hydrogen) atoms. The largest absolute Gasteiger partial charge is 0.505 e. The predicted molar refractivity (Wildman–Crippen MR) is 95.6 cm³/mol. The van der Waals surface area contributed by atoms with Crippen LogP contribution in [0.4, 0.5) is 14.9 Å². The third-order valence-electron chi connectivity index (χ3n) is 3.69. The number of halogens is 1. The monoisotopic (exact) mass is 374 g/mol. The van der Waals surface area contributed by atoms with Gasteiger partial charge in [0.25, 0.3) is 5.91 Å². The molecule has 2 aromatic carbocycles. The summed E-state index contributed by atoms with van der Waals surface area (Å²) in [6, 6.07) is 12.2. The number of anilines is 1. The van der Waals surface area contributed by atoms with Gasteiger partial charge in [-0.3, -0.25) is 15.3 Å². The lowest BCUT2D eigenvalue weighted by atomic mass is 9.96. The molecule has 0 aliphatic heterocycles. The van der Waals surface area contributed by atoms with Crippen LogP contribution in [0.2, 0.25) is 0 Å². The number of hydroxylamine groups is 1. The summed E-state index contributed by atoms with van der Waals surface area (Å²) in [4.78, 5) is 23.4. The lowest BCUT2D eigenvalue weighted by Crippen LogP contribution is -2.22. The number of para-hydroxylation sites is 1. The number of aromatic hydroxyl groups is 1. The average Bonchev–Trinajstić information content (AvgIpc) is 2.67. The molecule has 0 aromatic heterocycles. The first kappa shape index (κ1) is 19.9. The average molecular weight is 374 g/mol. The van der Waals surface area contributed by atoms with Gasteiger partial charge in [-0.25, -0.2) is 14.7 Å². The van der Waals surface area contributed by atoms with Crippen LogP contribution in [0.5, 0.6) is 5.75 Å². The van der Waals surface area contributed by atoms with Crippen LogP contribution in [0.25, 0.3) is 0 Å². The molecule has 2 aromatic rings. The van der Waals surface area contributed by atoms with Gasteiger partial charge in [-0.15, -0.1) is 0 Å². The standard InChI is InChI=1S/C19H19FN2O5/c1-12(7-10-17(24)22-26)18(13-8-9-16(23)15(20)11-13)27-19(25)21-14-5-3-2-4-6-14/h2-12,18,23,26H,1H3,(H,21,25)(H,22,24)/b10-7+/t12-,18+/m0/s1. The lowest BCUT2D eigenvalue weighted by Gasteiger charge is -2.23. The number of rotatable bonds is 6. The number of benzene rings is 2. The van der Waals surface area contributed by atoms with Crippen molar-refractivity contribution >= 4 is 17.7 Å². The van der Waals surface area contributed by atoms with Gasteiger partial charge in [0.15, 0.2) is 11.6 Å². The van der Waals surface area contributed by atoms with Crippen LogP contribution in [0.3, 0.4) is 0 Å². The molecule has 0 aliphatic rings. The highest BCUT2D eigenvalue weighted by Crippen LogP contribution is 2.30. The Bertz CT molecular complexity index is 826. The first-order valence-electron chi connectivity index (χ1n) is 8.04. The normalized spacial score (nSPS) is 13.0. The fourth-order valence-corrected chi connectivity index (χ4v) is 2.34. The van der Waals surface area contributed by atoms with Gasteiger partial charge in [-0.05, 0) is 29.8 Å². The fourth-order valence-electron chi connectivity index (χ4n) is 2.34. The minimum atomic E-state index is -0.952. The van der Waals surface area contributed by atoms with Crippen LogP contribution in [0, 0.1) is 11.7 Å². The van der Waals surface area contributed by atoms with Gasteiger partial charge in [0.1, 0.15) is 6.10 Å². The summed E-state index contributed by atoms with van der Waals surface area (Å²) in [5, 5.41) is 20.5. The number of hydrogen-bond donors (Lipinski definition) is 4. The van der Waals surface area contributed by atoms with E-state index >= 15 is 0 Å². The molecule has 4 N–H and O–H groups in total. The molecule has 0 spiro atoms. The maximum Gasteiger partial charge on any atom is 0.412 e. The molecule has 0 aliphatic carbocycles. The van der Waals surface area contributed by atoms with Crippen LogP contribution >= 0.6 is 0 Å². The number of ether oxygens (including phenoxy) is 1. The fraction of sp³-hybridized carbons (Fsp3) is 0.158. The number of amides is 2. The summed E-state index contributed by atoms with van der Waals surface area (Å²) in [5.74, 6) is -2.71. The topological polar surface area (TPSA) is 108 Å². The summed E-state index contributed by atoms with van der Waals surface area (Å²) >= 11 is 0. The zero-order valence-corrected chi connectivity index (χ0v) is 14.4. The summed E-state index contributed by atoms with van der Waals surface area (Å²) in [7, 11) is 0. The third-order valence-corrected chi connectivity index (χ3v) is 3.69. The molecule has 142 valence electrons. The second-order valence-corrected chi connectivity index (χ2v) is 5.72. The highest BCUT2D eigenvalue weighted by Gasteiger charge is 2.23. The van der Waals surface area contributed by atoms with E-state index in [9.17, 15) is 19.1 Å². The number of phenols is 1. The van der Waals surface area contributed by atoms with Gasteiger partial charge < -0.3 is 9.84 Å². The Labute approximate surface area is 155 Å². The molecule has 0 saturated carbocycles. The summed E-state index contributed by atoms with van der Waals surface area (Å²) in [6.45, 7) is 1.65. The van der Waals surface area contributed by atoms with Crippen molar-refractivity contribution in [1.29, 1.82) is 0 Å². The third kappa shape index (κ3) is 5.82. The highest BCUT2D eigenvalue weighted by molar-refractivity contribution is 5.86. The molecule has 0 bridgehead atoms. The Kier molecular flexibility index (Phi) is 6.90. The van der Waals surface area contributed by atoms with E-state index in [4.69, 9.17) is 9.94 Å². The Morgan fingerprint density at radius 3 is 2.52 bits per heavy atom. The Balaban J connectivity index is 2.22. The highest BCUT2D eigenvalue weighted by atomic mass is 19.1. The quantitative estimate of drug-likeness (QED) is 0.352. The molecular weight excluding hydrogens is 355 g/mol. The van der Waals surface area contributed by atoms with Crippen molar-refractivity contribution in [1.82, 2.24) is 5.48 Å². The van der Waals surface area contributed by atoms with Crippen molar-refractivity contribution < 1.29 is 29.0 Å². The number of nitrogens with one attached hydrogen (secondary N) is 2. The zero-order valence-electron chi connectivity index (χ0n) is 14.4. The van der Waals surface area contributed by atoms with Crippen LogP contribution in [-0.2, 0) is 9.53 Å². The zero-order chi connectivity index (χ0) is 19.8. The van der Waals surface area contributed by atoms with Crippen molar-refractivity contribution in [3.05, 3.63) is 72.1 Å². The van der Waals surface area contributed by atoms with Crippen molar-refractivity contribution in [2.75, 3.05) is 5.32 Å². The first-order valence-corrected chi connectivity index (χ1v) is 8.04. The van der Waals surface area contributed by atoms with E-state index in [0.717, 1.165) is 18.2 Å². The van der Waals surface area contributed by atoms with Gasteiger partial charge in [0.05, 0.1) is 0 Å². The van der Waals surface area contributed by atoms with E-state index < -0.39 is 35.6 Å². The van der Waals surface area contributed by atoms with Crippen molar-refractivity contribution in [3.63, 3.8) is 0 Å². The maximum atomic E-state index is 13.7. The maximum absolute atomic E-state index is 13.7. The number of hydrogen-bond acceptors (Lipinski definition) is 5. The predicted octanol–water partition coefficient (Wildman–Crippen LogP) is 3.52. The van der Waals surface area contributed by atoms with E-state index in [1.165, 1.54) is 17.6 Å². The molecule has 2 atom stereocenters. The number of phenolic OH excluding ortho intramolecular Hbond substituents is 1. The van der Waals surface area contributed by atoms with Gasteiger partial charge in [-0.1, -0.05) is 37.3 Å². The number of carbonyl (C=O) groups excluding carboxylic acids is 2. The molecule has 2 amide bonds. The van der Waals surface area contributed by atoms with E-state index in [-0.39, 0.29) is 5.56 Å². The molecular formula is C19H19FN2O5. The van der Waals surface area contributed by atoms with Crippen molar-refractivity contribution in [2.45, 2.75) is 13.0 Å². The minimum absolute atomic E-state index is 0.287. The van der Waals surface area contributed by atoms with Gasteiger partial charge >= 0.3 is 6.09 Å². The summed E-state index contributed by atoms with van der Waals surface area (Å²) in [5.41, 5.74) is 2.25. The molecule has 0 saturated heterocycles. The molecule has 0 heterocycles. The second-order valence-electron chi connectivity index (χ2n) is 5.72. The van der Waals surface area contributed by atoms with E-state index in [0.29, 0.717) is 5.69 Å². The first-order chi connectivity index (χ1) is 12.9. The van der Waals surface area contributed by atoms with Crippen LogP contribution in [-0.4, -0.2) is 22.3 Å². The van der Waals surface area contributed by atoms with Gasteiger partial charge in [0, 0.05) is 17.7 Å². The minimum Gasteiger partial charge on any atom is -0.505 e. The molecule has 0 fully saturated rings.